The predicted octanol–water partition coefficient (Wildman–Crippen LogP) is 4.68. The molecule has 0 unspecified atom stereocenters. The van der Waals surface area contributed by atoms with Crippen LogP contribution in [0.5, 0.6) is 0 Å². The Bertz CT molecular complexity index is 815. The molecule has 0 aliphatic heterocycles. The molecule has 0 spiro atoms. The van der Waals surface area contributed by atoms with Crippen molar-refractivity contribution in [3.05, 3.63) is 65.9 Å². The Morgan fingerprint density at radius 2 is 2.00 bits per heavy atom. The maximum atomic E-state index is 4.32. The average Bonchev–Trinajstić information content (AvgIpc) is 3.16. The summed E-state index contributed by atoms with van der Waals surface area (Å²) in [6, 6.07) is 12.5. The van der Waals surface area contributed by atoms with Crippen LogP contribution in [0.15, 0.2) is 70.6 Å². The lowest BCUT2D eigenvalue weighted by molar-refractivity contribution is -0.694. The van der Waals surface area contributed by atoms with E-state index in [1.165, 1.54) is 17.0 Å². The summed E-state index contributed by atoms with van der Waals surface area (Å²) < 4.78 is 2.20. The smallest absolute Gasteiger partial charge is 0.229 e. The second kappa shape index (κ2) is 8.48. The van der Waals surface area contributed by atoms with Crippen LogP contribution in [0.3, 0.4) is 0 Å². The van der Waals surface area contributed by atoms with Crippen molar-refractivity contribution in [2.24, 2.45) is 10.2 Å². The van der Waals surface area contributed by atoms with Crippen molar-refractivity contribution in [2.45, 2.75) is 20.4 Å². The van der Waals surface area contributed by atoms with Crippen molar-refractivity contribution in [1.29, 1.82) is 0 Å². The molecule has 0 atom stereocenters. The van der Waals surface area contributed by atoms with E-state index in [1.54, 1.807) is 6.20 Å². The van der Waals surface area contributed by atoms with Crippen LogP contribution in [0, 0.1) is 6.92 Å². The fourth-order valence-electron chi connectivity index (χ4n) is 2.60. The topological polar surface area (TPSA) is 44.7 Å². The van der Waals surface area contributed by atoms with Crippen molar-refractivity contribution < 1.29 is 4.57 Å². The van der Waals surface area contributed by atoms with Gasteiger partial charge in [-0.3, -0.25) is 0 Å². The third-order valence-corrected chi connectivity index (χ3v) is 4.65. The van der Waals surface area contributed by atoms with E-state index in [0.29, 0.717) is 5.13 Å². The molecule has 6 heteroatoms. The lowest BCUT2D eigenvalue weighted by Gasteiger charge is -2.22. The molecule has 0 fully saturated rings. The van der Waals surface area contributed by atoms with Crippen LogP contribution >= 0.6 is 11.3 Å². The number of hydrogen-bond donors (Lipinski definition) is 0. The van der Waals surface area contributed by atoms with Crippen molar-refractivity contribution in [1.82, 2.24) is 4.98 Å². The Labute approximate surface area is 152 Å². The highest BCUT2D eigenvalue weighted by Gasteiger charge is 2.09. The molecular weight excluding hydrogens is 330 g/mol. The van der Waals surface area contributed by atoms with Crippen LogP contribution in [0.4, 0.5) is 16.5 Å². The summed E-state index contributed by atoms with van der Waals surface area (Å²) in [5.41, 5.74) is 3.21. The van der Waals surface area contributed by atoms with E-state index < -0.39 is 0 Å². The first-order valence-electron chi connectivity index (χ1n) is 8.37. The minimum absolute atomic E-state index is 0.679. The normalized spacial score (nSPS) is 11.1. The number of aromatic nitrogens is 2. The van der Waals surface area contributed by atoms with E-state index in [9.17, 15) is 0 Å². The molecule has 25 heavy (non-hydrogen) atoms. The minimum atomic E-state index is 0.679. The average molecular weight is 352 g/mol. The molecule has 0 amide bonds. The maximum Gasteiger partial charge on any atom is 0.229 e. The number of likely N-dealkylation sites (N-methyl/N-ethyl adjacent to an activating group) is 1. The summed E-state index contributed by atoms with van der Waals surface area (Å²) in [6.45, 7) is 7.14. The standard InChI is InChI=1S/C19H22N5S/c1-3-24(13-12-23-10-5-4-6-11-23)17-7-8-18(16(2)15-17)21-22-19-20-9-14-25-19/h4-11,14-15H,3,12-13H2,1-2H3/q+1. The number of azo groups is 1. The summed E-state index contributed by atoms with van der Waals surface area (Å²) in [5.74, 6) is 0. The fraction of sp³-hybridized carbons (Fsp3) is 0.263. The minimum Gasteiger partial charge on any atom is -0.365 e. The lowest BCUT2D eigenvalue weighted by Crippen LogP contribution is -2.40. The molecule has 2 aromatic heterocycles. The Hall–Kier alpha value is -2.60. The number of thiazole rings is 1. The van der Waals surface area contributed by atoms with Gasteiger partial charge in [-0.1, -0.05) is 6.07 Å². The Morgan fingerprint density at radius 1 is 1.16 bits per heavy atom. The molecule has 128 valence electrons. The van der Waals surface area contributed by atoms with E-state index in [-0.39, 0.29) is 0 Å². The molecule has 1 aromatic carbocycles. The molecule has 0 radical (unpaired) electrons. The van der Waals surface area contributed by atoms with Crippen molar-refractivity contribution in [2.75, 3.05) is 18.0 Å². The van der Waals surface area contributed by atoms with Crippen LogP contribution in [0.25, 0.3) is 0 Å². The van der Waals surface area contributed by atoms with Gasteiger partial charge in [-0.2, -0.15) is 0 Å². The highest BCUT2D eigenvalue weighted by Crippen LogP contribution is 2.27. The molecule has 0 saturated heterocycles. The molecule has 0 N–H and O–H groups in total. The summed E-state index contributed by atoms with van der Waals surface area (Å²) >= 11 is 1.48. The number of anilines is 1. The van der Waals surface area contributed by atoms with Gasteiger partial charge in [0.2, 0.25) is 5.13 Å². The summed E-state index contributed by atoms with van der Waals surface area (Å²) in [4.78, 5) is 6.49. The zero-order chi connectivity index (χ0) is 17.5. The molecule has 3 aromatic rings. The van der Waals surface area contributed by atoms with E-state index in [2.05, 4.69) is 75.2 Å². The van der Waals surface area contributed by atoms with Crippen molar-refractivity contribution >= 4 is 27.8 Å². The van der Waals surface area contributed by atoms with E-state index in [1.807, 2.05) is 17.5 Å². The van der Waals surface area contributed by atoms with Gasteiger partial charge < -0.3 is 4.90 Å². The lowest BCUT2D eigenvalue weighted by atomic mass is 10.1. The number of pyridine rings is 1. The zero-order valence-electron chi connectivity index (χ0n) is 14.5. The van der Waals surface area contributed by atoms with Gasteiger partial charge >= 0.3 is 0 Å². The van der Waals surface area contributed by atoms with Gasteiger partial charge in [0.25, 0.3) is 0 Å². The first-order chi connectivity index (χ1) is 12.3. The number of nitrogens with zero attached hydrogens (tertiary/aromatic N) is 5. The van der Waals surface area contributed by atoms with Gasteiger partial charge in [-0.15, -0.1) is 21.6 Å². The Morgan fingerprint density at radius 3 is 2.68 bits per heavy atom. The van der Waals surface area contributed by atoms with Gasteiger partial charge in [0, 0.05) is 35.9 Å². The van der Waals surface area contributed by atoms with E-state index >= 15 is 0 Å². The number of rotatable bonds is 7. The molecule has 0 aliphatic rings. The number of hydrogen-bond acceptors (Lipinski definition) is 5. The molecule has 2 heterocycles. The van der Waals surface area contributed by atoms with Crippen LogP contribution in [-0.2, 0) is 6.54 Å². The third kappa shape index (κ3) is 4.70. The summed E-state index contributed by atoms with van der Waals surface area (Å²) in [6.07, 6.45) is 5.93. The second-order valence-electron chi connectivity index (χ2n) is 5.68. The molecule has 0 saturated carbocycles. The second-order valence-corrected chi connectivity index (χ2v) is 6.55. The fourth-order valence-corrected chi connectivity index (χ4v) is 3.05. The highest BCUT2D eigenvalue weighted by atomic mass is 32.1. The molecule has 3 rings (SSSR count). The van der Waals surface area contributed by atoms with Crippen LogP contribution < -0.4 is 9.47 Å². The summed E-state index contributed by atoms with van der Waals surface area (Å²) in [7, 11) is 0. The first kappa shape index (κ1) is 17.2. The number of aryl methyl sites for hydroxylation is 1. The van der Waals surface area contributed by atoms with Gasteiger partial charge in [0.1, 0.15) is 0 Å². The first-order valence-corrected chi connectivity index (χ1v) is 9.25. The molecule has 0 aliphatic carbocycles. The monoisotopic (exact) mass is 352 g/mol. The van der Waals surface area contributed by atoms with Crippen molar-refractivity contribution in [3.8, 4) is 0 Å². The predicted molar refractivity (Wildman–Crippen MR) is 102 cm³/mol. The van der Waals surface area contributed by atoms with E-state index in [4.69, 9.17) is 0 Å². The van der Waals surface area contributed by atoms with Crippen molar-refractivity contribution in [3.63, 3.8) is 0 Å². The largest absolute Gasteiger partial charge is 0.365 e. The van der Waals surface area contributed by atoms with Gasteiger partial charge in [-0.25, -0.2) is 9.55 Å². The molecule has 0 bridgehead atoms. The van der Waals surface area contributed by atoms with Gasteiger partial charge in [0.05, 0.1) is 12.2 Å². The zero-order valence-corrected chi connectivity index (χ0v) is 15.4. The SMILES string of the molecule is CCN(CC[n+]1ccccc1)c1ccc(N=Nc2nccs2)c(C)c1. The Kier molecular flexibility index (Phi) is 5.85. The third-order valence-electron chi connectivity index (χ3n) is 4.00. The molecule has 5 nitrogen and oxygen atoms in total. The number of benzene rings is 1. The summed E-state index contributed by atoms with van der Waals surface area (Å²) in [5, 5.41) is 11.1. The molecular formula is C19H22N5S+. The quantitative estimate of drug-likeness (QED) is 0.458. The van der Waals surface area contributed by atoms with Crippen LogP contribution in [0.2, 0.25) is 0 Å². The Balaban J connectivity index is 1.69. The van der Waals surface area contributed by atoms with E-state index in [0.717, 1.165) is 30.9 Å². The highest BCUT2D eigenvalue weighted by molar-refractivity contribution is 7.13. The van der Waals surface area contributed by atoms with Gasteiger partial charge in [-0.05, 0) is 37.6 Å². The van der Waals surface area contributed by atoms with Crippen LogP contribution in [-0.4, -0.2) is 18.1 Å². The maximum absolute atomic E-state index is 4.32. The van der Waals surface area contributed by atoms with Crippen LogP contribution in [0.1, 0.15) is 12.5 Å². The van der Waals surface area contributed by atoms with Gasteiger partial charge in [0.15, 0.2) is 18.9 Å².